The summed E-state index contributed by atoms with van der Waals surface area (Å²) in [5, 5.41) is 3.65. The molecule has 1 saturated heterocycles. The van der Waals surface area contributed by atoms with Crippen LogP contribution in [0.25, 0.3) is 0 Å². The minimum absolute atomic E-state index is 0.587. The van der Waals surface area contributed by atoms with Gasteiger partial charge in [-0.2, -0.15) is 0 Å². The molecule has 1 aliphatic heterocycles. The van der Waals surface area contributed by atoms with Gasteiger partial charge in [0.05, 0.1) is 13.2 Å². The first-order valence-corrected chi connectivity index (χ1v) is 9.05. The van der Waals surface area contributed by atoms with Crippen molar-refractivity contribution in [1.29, 1.82) is 0 Å². The summed E-state index contributed by atoms with van der Waals surface area (Å²) in [4.78, 5) is 7.14. The Morgan fingerprint density at radius 3 is 2.62 bits per heavy atom. The van der Waals surface area contributed by atoms with Crippen LogP contribution in [0.15, 0.2) is 12.1 Å². The van der Waals surface area contributed by atoms with Crippen LogP contribution in [-0.2, 0) is 4.74 Å². The number of aromatic nitrogens is 1. The predicted octanol–water partition coefficient (Wildman–Crippen LogP) is 3.51. The smallest absolute Gasteiger partial charge is 0.132 e. The first kappa shape index (κ1) is 15.3. The minimum Gasteiger partial charge on any atom is -0.378 e. The lowest BCUT2D eigenvalue weighted by atomic mass is 9.87. The summed E-state index contributed by atoms with van der Waals surface area (Å²) < 4.78 is 6.67. The van der Waals surface area contributed by atoms with Crippen molar-refractivity contribution < 1.29 is 4.74 Å². The third-order valence-corrected chi connectivity index (χ3v) is 5.10. The number of anilines is 2. The van der Waals surface area contributed by atoms with E-state index in [4.69, 9.17) is 9.72 Å². The standard InChI is InChI=1S/C16H24IN3O/c1-12-2-4-14(5-3-12)18-15-10-13(17)11-16(19-15)20-6-8-21-9-7-20/h10-12,14H,2-9H2,1H3,(H,18,19). The molecule has 0 spiro atoms. The van der Waals surface area contributed by atoms with Gasteiger partial charge in [-0.1, -0.05) is 6.92 Å². The van der Waals surface area contributed by atoms with E-state index >= 15 is 0 Å². The van der Waals surface area contributed by atoms with Gasteiger partial charge in [-0.05, 0) is 66.3 Å². The molecule has 5 heteroatoms. The van der Waals surface area contributed by atoms with Crippen LogP contribution in [0.4, 0.5) is 11.6 Å². The van der Waals surface area contributed by atoms with E-state index in [0.29, 0.717) is 6.04 Å². The molecule has 2 heterocycles. The number of rotatable bonds is 3. The first-order chi connectivity index (χ1) is 10.2. The summed E-state index contributed by atoms with van der Waals surface area (Å²) in [7, 11) is 0. The highest BCUT2D eigenvalue weighted by Crippen LogP contribution is 2.27. The van der Waals surface area contributed by atoms with Gasteiger partial charge in [-0.15, -0.1) is 0 Å². The van der Waals surface area contributed by atoms with Gasteiger partial charge < -0.3 is 15.0 Å². The van der Waals surface area contributed by atoms with E-state index in [-0.39, 0.29) is 0 Å². The van der Waals surface area contributed by atoms with Crippen molar-refractivity contribution in [1.82, 2.24) is 4.98 Å². The fourth-order valence-corrected chi connectivity index (χ4v) is 3.70. The van der Waals surface area contributed by atoms with Crippen LogP contribution in [0.5, 0.6) is 0 Å². The maximum Gasteiger partial charge on any atom is 0.132 e. The highest BCUT2D eigenvalue weighted by atomic mass is 127. The first-order valence-electron chi connectivity index (χ1n) is 7.97. The molecule has 0 bridgehead atoms. The van der Waals surface area contributed by atoms with Crippen molar-refractivity contribution in [2.75, 3.05) is 36.5 Å². The van der Waals surface area contributed by atoms with E-state index in [1.165, 1.54) is 29.3 Å². The molecule has 1 N–H and O–H groups in total. The number of hydrogen-bond acceptors (Lipinski definition) is 4. The number of nitrogens with one attached hydrogen (secondary N) is 1. The molecule has 0 atom stereocenters. The van der Waals surface area contributed by atoms with E-state index in [0.717, 1.165) is 43.9 Å². The van der Waals surface area contributed by atoms with Crippen LogP contribution in [0.2, 0.25) is 0 Å². The zero-order chi connectivity index (χ0) is 14.7. The predicted molar refractivity (Wildman–Crippen MR) is 95.0 cm³/mol. The molecule has 3 rings (SSSR count). The van der Waals surface area contributed by atoms with Gasteiger partial charge in [0.15, 0.2) is 0 Å². The zero-order valence-electron chi connectivity index (χ0n) is 12.6. The molecule has 0 aromatic carbocycles. The monoisotopic (exact) mass is 401 g/mol. The average Bonchev–Trinajstić information content (AvgIpc) is 2.50. The number of ether oxygens (including phenoxy) is 1. The molecule has 116 valence electrons. The number of pyridine rings is 1. The Morgan fingerprint density at radius 1 is 1.19 bits per heavy atom. The molecule has 2 fully saturated rings. The summed E-state index contributed by atoms with van der Waals surface area (Å²) >= 11 is 2.39. The van der Waals surface area contributed by atoms with Crippen LogP contribution < -0.4 is 10.2 Å². The van der Waals surface area contributed by atoms with Crippen LogP contribution in [-0.4, -0.2) is 37.3 Å². The van der Waals surface area contributed by atoms with Gasteiger partial charge in [0.2, 0.25) is 0 Å². The Bertz CT molecular complexity index is 469. The van der Waals surface area contributed by atoms with E-state index in [1.807, 2.05) is 0 Å². The van der Waals surface area contributed by atoms with Gasteiger partial charge in [0.25, 0.3) is 0 Å². The average molecular weight is 401 g/mol. The largest absolute Gasteiger partial charge is 0.378 e. The van der Waals surface area contributed by atoms with Gasteiger partial charge in [-0.3, -0.25) is 0 Å². The normalized spacial score (nSPS) is 26.7. The summed E-state index contributed by atoms with van der Waals surface area (Å²) in [6.07, 6.45) is 5.19. The van der Waals surface area contributed by atoms with Crippen molar-refractivity contribution in [2.24, 2.45) is 5.92 Å². The number of halogens is 1. The molecule has 1 aromatic heterocycles. The number of hydrogen-bond donors (Lipinski definition) is 1. The molecule has 1 aliphatic carbocycles. The highest BCUT2D eigenvalue weighted by molar-refractivity contribution is 14.1. The lowest BCUT2D eigenvalue weighted by molar-refractivity contribution is 0.122. The Labute approximate surface area is 140 Å². The number of nitrogens with zero attached hydrogens (tertiary/aromatic N) is 2. The molecule has 1 saturated carbocycles. The molecular formula is C16H24IN3O. The molecule has 4 nitrogen and oxygen atoms in total. The van der Waals surface area contributed by atoms with Crippen molar-refractivity contribution in [2.45, 2.75) is 38.6 Å². The van der Waals surface area contributed by atoms with E-state index in [1.54, 1.807) is 0 Å². The fourth-order valence-electron chi connectivity index (χ4n) is 3.13. The van der Waals surface area contributed by atoms with E-state index in [2.05, 4.69) is 51.9 Å². The van der Waals surface area contributed by atoms with Gasteiger partial charge in [-0.25, -0.2) is 4.98 Å². The second kappa shape index (κ2) is 7.13. The maximum absolute atomic E-state index is 5.43. The quantitative estimate of drug-likeness (QED) is 0.787. The minimum atomic E-state index is 0.587. The third-order valence-electron chi connectivity index (χ3n) is 4.48. The molecule has 0 amide bonds. The van der Waals surface area contributed by atoms with Crippen LogP contribution in [0.1, 0.15) is 32.6 Å². The van der Waals surface area contributed by atoms with Gasteiger partial charge >= 0.3 is 0 Å². The van der Waals surface area contributed by atoms with Crippen molar-refractivity contribution in [3.8, 4) is 0 Å². The summed E-state index contributed by atoms with van der Waals surface area (Å²) in [5.41, 5.74) is 0. The molecule has 2 aliphatic rings. The summed E-state index contributed by atoms with van der Waals surface area (Å²) in [6.45, 7) is 5.84. The second-order valence-corrected chi connectivity index (χ2v) is 7.47. The fraction of sp³-hybridized carbons (Fsp3) is 0.688. The SMILES string of the molecule is CC1CCC(Nc2cc(I)cc(N3CCOCC3)n2)CC1. The van der Waals surface area contributed by atoms with Gasteiger partial charge in [0.1, 0.15) is 11.6 Å². The zero-order valence-corrected chi connectivity index (χ0v) is 14.8. The third kappa shape index (κ3) is 4.22. The van der Waals surface area contributed by atoms with Crippen molar-refractivity contribution in [3.63, 3.8) is 0 Å². The Hall–Kier alpha value is -0.560. The van der Waals surface area contributed by atoms with Gasteiger partial charge in [0, 0.05) is 22.7 Å². The van der Waals surface area contributed by atoms with Crippen molar-refractivity contribution >= 4 is 34.2 Å². The van der Waals surface area contributed by atoms with Crippen LogP contribution in [0, 0.1) is 9.49 Å². The highest BCUT2D eigenvalue weighted by Gasteiger charge is 2.19. The molecule has 0 unspecified atom stereocenters. The van der Waals surface area contributed by atoms with Crippen molar-refractivity contribution in [3.05, 3.63) is 15.7 Å². The topological polar surface area (TPSA) is 37.4 Å². The lowest BCUT2D eigenvalue weighted by Gasteiger charge is -2.30. The number of morpholine rings is 1. The molecule has 21 heavy (non-hydrogen) atoms. The second-order valence-electron chi connectivity index (χ2n) is 6.23. The Morgan fingerprint density at radius 2 is 1.90 bits per heavy atom. The van der Waals surface area contributed by atoms with E-state index in [9.17, 15) is 0 Å². The van der Waals surface area contributed by atoms with Crippen LogP contribution >= 0.6 is 22.6 Å². The molecule has 0 radical (unpaired) electrons. The lowest BCUT2D eigenvalue weighted by Crippen LogP contribution is -2.37. The summed E-state index contributed by atoms with van der Waals surface area (Å²) in [6, 6.07) is 4.91. The molecular weight excluding hydrogens is 377 g/mol. The Balaban J connectivity index is 1.68. The summed E-state index contributed by atoms with van der Waals surface area (Å²) in [5.74, 6) is 3.00. The Kier molecular flexibility index (Phi) is 5.21. The van der Waals surface area contributed by atoms with E-state index < -0.39 is 0 Å². The van der Waals surface area contributed by atoms with Crippen LogP contribution in [0.3, 0.4) is 0 Å². The molecule has 1 aromatic rings. The maximum atomic E-state index is 5.43.